The Morgan fingerprint density at radius 3 is 2.75 bits per heavy atom. The van der Waals surface area contributed by atoms with E-state index in [0.717, 1.165) is 48.0 Å². The van der Waals surface area contributed by atoms with Gasteiger partial charge in [0.1, 0.15) is 5.65 Å². The van der Waals surface area contributed by atoms with Gasteiger partial charge >= 0.3 is 0 Å². The molecule has 164 valence electrons. The number of hydrogen-bond donors (Lipinski definition) is 3. The van der Waals surface area contributed by atoms with Crippen LogP contribution in [-0.2, 0) is 9.59 Å². The zero-order valence-electron chi connectivity index (χ0n) is 17.6. The van der Waals surface area contributed by atoms with Gasteiger partial charge in [-0.3, -0.25) is 14.0 Å². The normalized spacial score (nSPS) is 16.9. The number of rotatable bonds is 6. The van der Waals surface area contributed by atoms with Gasteiger partial charge in [0.2, 0.25) is 5.91 Å². The van der Waals surface area contributed by atoms with Gasteiger partial charge in [0.25, 0.3) is 5.91 Å². The van der Waals surface area contributed by atoms with Crippen LogP contribution >= 0.6 is 11.8 Å². The zero-order valence-corrected chi connectivity index (χ0v) is 18.4. The van der Waals surface area contributed by atoms with Crippen LogP contribution < -0.4 is 16.0 Å². The molecule has 1 unspecified atom stereocenters. The third-order valence-electron chi connectivity index (χ3n) is 5.97. The maximum absolute atomic E-state index is 13.3. The van der Waals surface area contributed by atoms with Crippen molar-refractivity contribution in [2.24, 2.45) is 5.92 Å². The van der Waals surface area contributed by atoms with E-state index in [0.29, 0.717) is 4.91 Å². The number of anilines is 1. The molecule has 0 saturated carbocycles. The molecule has 2 aliphatic heterocycles. The van der Waals surface area contributed by atoms with E-state index in [1.54, 1.807) is 6.20 Å². The molecule has 2 amide bonds. The summed E-state index contributed by atoms with van der Waals surface area (Å²) in [4.78, 5) is 31.1. The fourth-order valence-corrected chi connectivity index (χ4v) is 5.35. The second kappa shape index (κ2) is 9.18. The molecule has 1 fully saturated rings. The van der Waals surface area contributed by atoms with Gasteiger partial charge in [0.15, 0.2) is 0 Å². The summed E-state index contributed by atoms with van der Waals surface area (Å²) in [6.07, 6.45) is 5.76. The fraction of sp³-hybridized carbons (Fsp3) is 0.292. The lowest BCUT2D eigenvalue weighted by Crippen LogP contribution is -2.46. The monoisotopic (exact) mass is 447 g/mol. The number of imidazole rings is 1. The number of aromatic nitrogens is 2. The summed E-state index contributed by atoms with van der Waals surface area (Å²) in [5, 5.41) is 10.5. The van der Waals surface area contributed by atoms with Gasteiger partial charge in [-0.1, -0.05) is 36.0 Å². The summed E-state index contributed by atoms with van der Waals surface area (Å²) in [6, 6.07) is 15.1. The van der Waals surface area contributed by atoms with E-state index in [1.165, 1.54) is 11.8 Å². The van der Waals surface area contributed by atoms with Crippen LogP contribution in [-0.4, -0.2) is 40.3 Å². The molecule has 2 aromatic heterocycles. The minimum absolute atomic E-state index is 0.0897. The van der Waals surface area contributed by atoms with Crippen molar-refractivity contribution in [2.75, 3.05) is 18.4 Å². The third kappa shape index (κ3) is 4.42. The topological polar surface area (TPSA) is 87.5 Å². The van der Waals surface area contributed by atoms with Crippen LogP contribution in [0, 0.1) is 5.92 Å². The number of amides is 2. The number of piperidine rings is 1. The maximum Gasteiger partial charge on any atom is 0.258 e. The van der Waals surface area contributed by atoms with E-state index >= 15 is 0 Å². The third-order valence-corrected chi connectivity index (χ3v) is 7.02. The first kappa shape index (κ1) is 20.8. The van der Waals surface area contributed by atoms with E-state index in [9.17, 15) is 9.59 Å². The Kier molecular flexibility index (Phi) is 5.96. The molecule has 8 heteroatoms. The highest BCUT2D eigenvalue weighted by molar-refractivity contribution is 8.04. The van der Waals surface area contributed by atoms with Crippen LogP contribution in [0.5, 0.6) is 0 Å². The Hall–Kier alpha value is -3.10. The first-order valence-corrected chi connectivity index (χ1v) is 11.7. The highest BCUT2D eigenvalue weighted by atomic mass is 32.2. The molecule has 1 saturated heterocycles. The molecule has 0 aliphatic carbocycles. The maximum atomic E-state index is 13.3. The van der Waals surface area contributed by atoms with Crippen molar-refractivity contribution >= 4 is 41.0 Å². The lowest BCUT2D eigenvalue weighted by molar-refractivity contribution is -0.119. The average molecular weight is 448 g/mol. The van der Waals surface area contributed by atoms with Gasteiger partial charge in [-0.05, 0) is 62.2 Å². The summed E-state index contributed by atoms with van der Waals surface area (Å²) in [5.74, 6) is 0.0218. The Morgan fingerprint density at radius 1 is 1.12 bits per heavy atom. The van der Waals surface area contributed by atoms with Crippen molar-refractivity contribution in [1.82, 2.24) is 20.0 Å². The van der Waals surface area contributed by atoms with E-state index in [4.69, 9.17) is 0 Å². The molecule has 0 radical (unpaired) electrons. The molecule has 0 bridgehead atoms. The van der Waals surface area contributed by atoms with Gasteiger partial charge in [-0.15, -0.1) is 0 Å². The molecule has 0 spiro atoms. The first-order chi connectivity index (χ1) is 15.7. The molecule has 1 atom stereocenters. The number of nitrogens with one attached hydrogen (secondary N) is 3. The van der Waals surface area contributed by atoms with Gasteiger partial charge in [-0.25, -0.2) is 4.98 Å². The molecular formula is C24H25N5O2S. The van der Waals surface area contributed by atoms with Crippen molar-refractivity contribution < 1.29 is 9.59 Å². The minimum atomic E-state index is -0.225. The Balaban J connectivity index is 1.32. The molecular weight excluding hydrogens is 422 g/mol. The summed E-state index contributed by atoms with van der Waals surface area (Å²) >= 11 is 1.43. The van der Waals surface area contributed by atoms with Gasteiger partial charge in [-0.2, -0.15) is 0 Å². The van der Waals surface area contributed by atoms with Gasteiger partial charge < -0.3 is 16.0 Å². The average Bonchev–Trinajstić information content (AvgIpc) is 3.24. The Bertz CT molecular complexity index is 1170. The highest BCUT2D eigenvalue weighted by Crippen LogP contribution is 2.34. The molecule has 2 aliphatic rings. The summed E-state index contributed by atoms with van der Waals surface area (Å²) < 4.78 is 2.04. The molecule has 3 aromatic rings. The van der Waals surface area contributed by atoms with E-state index < -0.39 is 0 Å². The predicted molar refractivity (Wildman–Crippen MR) is 126 cm³/mol. The van der Waals surface area contributed by atoms with Crippen LogP contribution in [0.4, 0.5) is 5.69 Å². The predicted octanol–water partition coefficient (Wildman–Crippen LogP) is 3.29. The fourth-order valence-electron chi connectivity index (χ4n) is 4.35. The van der Waals surface area contributed by atoms with E-state index in [-0.39, 0.29) is 30.2 Å². The number of nitrogens with zero attached hydrogens (tertiary/aromatic N) is 2. The molecule has 4 heterocycles. The number of carbonyl (C=O) groups excluding carboxylic acids is 2. The van der Waals surface area contributed by atoms with E-state index in [2.05, 4.69) is 20.9 Å². The summed E-state index contributed by atoms with van der Waals surface area (Å²) in [5.41, 5.74) is 2.52. The Morgan fingerprint density at radius 2 is 1.94 bits per heavy atom. The number of para-hydroxylation sites is 1. The lowest BCUT2D eigenvalue weighted by Gasteiger charge is -2.31. The molecule has 1 aromatic carbocycles. The second-order valence-corrected chi connectivity index (χ2v) is 9.20. The van der Waals surface area contributed by atoms with Crippen LogP contribution in [0.15, 0.2) is 64.7 Å². The highest BCUT2D eigenvalue weighted by Gasteiger charge is 2.29. The second-order valence-electron chi connectivity index (χ2n) is 8.14. The number of pyridine rings is 1. The van der Waals surface area contributed by atoms with Crippen molar-refractivity contribution in [1.29, 1.82) is 0 Å². The van der Waals surface area contributed by atoms with Gasteiger partial charge in [0, 0.05) is 18.2 Å². The number of thioether (sulfide) groups is 1. The van der Waals surface area contributed by atoms with Crippen LogP contribution in [0.3, 0.4) is 0 Å². The van der Waals surface area contributed by atoms with Crippen LogP contribution in [0.25, 0.3) is 11.7 Å². The molecule has 5 rings (SSSR count). The SMILES string of the molecule is O=C(CC(NC(=O)C1=Cc2cnc3cccc(n23)S1)C1CCNCC1)Nc1ccccc1. The number of hydrogen-bond acceptors (Lipinski definition) is 5. The molecule has 3 N–H and O–H groups in total. The molecule has 32 heavy (non-hydrogen) atoms. The van der Waals surface area contributed by atoms with Gasteiger partial charge in [0.05, 0.1) is 21.8 Å². The first-order valence-electron chi connectivity index (χ1n) is 10.9. The largest absolute Gasteiger partial charge is 0.348 e. The minimum Gasteiger partial charge on any atom is -0.348 e. The van der Waals surface area contributed by atoms with Crippen molar-refractivity contribution in [2.45, 2.75) is 30.3 Å². The quantitative estimate of drug-likeness (QED) is 0.540. The lowest BCUT2D eigenvalue weighted by atomic mass is 9.88. The van der Waals surface area contributed by atoms with Crippen molar-refractivity contribution in [3.8, 4) is 0 Å². The number of benzene rings is 1. The number of carbonyl (C=O) groups is 2. The van der Waals surface area contributed by atoms with Crippen LogP contribution in [0.1, 0.15) is 25.0 Å². The Labute approximate surface area is 190 Å². The van der Waals surface area contributed by atoms with Crippen molar-refractivity contribution in [3.05, 3.63) is 65.3 Å². The standard InChI is InChI=1S/C24H25N5O2S/c30-22(27-17-5-2-1-3-6-17)14-19(16-9-11-25-12-10-16)28-24(31)20-13-18-15-26-21-7-4-8-23(32-20)29(18)21/h1-8,13,15-16,19,25H,9-12,14H2,(H,27,30)(H,28,31). The summed E-state index contributed by atoms with van der Waals surface area (Å²) in [7, 11) is 0. The molecule has 7 nitrogen and oxygen atoms in total. The van der Waals surface area contributed by atoms with E-state index in [1.807, 2.05) is 59.0 Å². The smallest absolute Gasteiger partial charge is 0.258 e. The zero-order chi connectivity index (χ0) is 21.9. The summed E-state index contributed by atoms with van der Waals surface area (Å²) in [6.45, 7) is 1.80. The van der Waals surface area contributed by atoms with Crippen LogP contribution in [0.2, 0.25) is 0 Å². The van der Waals surface area contributed by atoms with Crippen molar-refractivity contribution in [3.63, 3.8) is 0 Å².